The van der Waals surface area contributed by atoms with Gasteiger partial charge in [-0.25, -0.2) is 0 Å². The largest absolute Gasteiger partial charge is 0.456 e. The second-order valence-corrected chi connectivity index (χ2v) is 15.3. The van der Waals surface area contributed by atoms with Gasteiger partial charge in [0.25, 0.3) is 0 Å². The van der Waals surface area contributed by atoms with Crippen LogP contribution in [0, 0.1) is 0 Å². The number of rotatable bonds is 7. The van der Waals surface area contributed by atoms with Gasteiger partial charge >= 0.3 is 0 Å². The summed E-state index contributed by atoms with van der Waals surface area (Å²) in [7, 11) is 0. The number of furan rings is 1. The Morgan fingerprint density at radius 1 is 0.300 bits per heavy atom. The number of anilines is 6. The van der Waals surface area contributed by atoms with Crippen LogP contribution in [0.4, 0.5) is 34.1 Å². The highest BCUT2D eigenvalue weighted by atomic mass is 16.5. The molecule has 0 saturated carbocycles. The van der Waals surface area contributed by atoms with Gasteiger partial charge in [0.2, 0.25) is 0 Å². The first-order valence-corrected chi connectivity index (χ1v) is 20.3. The lowest BCUT2D eigenvalue weighted by Gasteiger charge is -2.28. The molecule has 0 bridgehead atoms. The highest BCUT2D eigenvalue weighted by Gasteiger charge is 2.24. The summed E-state index contributed by atoms with van der Waals surface area (Å²) in [6, 6.07) is 77.3. The van der Waals surface area contributed by atoms with Crippen molar-refractivity contribution >= 4 is 77.6 Å². The third-order valence-electron chi connectivity index (χ3n) is 11.8. The lowest BCUT2D eigenvalue weighted by molar-refractivity contribution is 0.487. The van der Waals surface area contributed by atoms with Crippen molar-refractivity contribution in [2.24, 2.45) is 0 Å². The van der Waals surface area contributed by atoms with Crippen molar-refractivity contribution in [1.29, 1.82) is 0 Å². The second kappa shape index (κ2) is 13.8. The second-order valence-electron chi connectivity index (χ2n) is 15.3. The molecule has 4 heteroatoms. The molecule has 4 nitrogen and oxygen atoms in total. The maximum absolute atomic E-state index is 6.85. The number of nitrogens with zero attached hydrogens (tertiary/aromatic N) is 2. The Labute approximate surface area is 347 Å². The number of ether oxygens (including phenoxy) is 1. The van der Waals surface area contributed by atoms with E-state index in [4.69, 9.17) is 9.15 Å². The third kappa shape index (κ3) is 5.61. The normalized spacial score (nSPS) is 11.8. The fourth-order valence-corrected chi connectivity index (χ4v) is 9.01. The Kier molecular flexibility index (Phi) is 7.82. The first-order valence-electron chi connectivity index (χ1n) is 20.3. The molecule has 10 aromatic carbocycles. The zero-order valence-electron chi connectivity index (χ0n) is 32.5. The molecule has 1 aromatic heterocycles. The van der Waals surface area contributed by atoms with Crippen LogP contribution in [0.2, 0.25) is 0 Å². The van der Waals surface area contributed by atoms with E-state index in [1.807, 2.05) is 12.1 Å². The zero-order valence-corrected chi connectivity index (χ0v) is 32.5. The summed E-state index contributed by atoms with van der Waals surface area (Å²) in [5.74, 6) is 1.70. The van der Waals surface area contributed by atoms with Crippen LogP contribution in [0.25, 0.3) is 65.7 Å². The lowest BCUT2D eigenvalue weighted by atomic mass is 9.89. The molecule has 1 aliphatic rings. The maximum Gasteiger partial charge on any atom is 0.137 e. The summed E-state index contributed by atoms with van der Waals surface area (Å²) in [4.78, 5) is 4.58. The minimum Gasteiger partial charge on any atom is -0.456 e. The van der Waals surface area contributed by atoms with E-state index in [0.29, 0.717) is 0 Å². The van der Waals surface area contributed by atoms with Crippen molar-refractivity contribution in [1.82, 2.24) is 0 Å². The molecule has 0 N–H and O–H groups in total. The molecule has 282 valence electrons. The monoisotopic (exact) mass is 768 g/mol. The summed E-state index contributed by atoms with van der Waals surface area (Å²) >= 11 is 0. The van der Waals surface area contributed by atoms with Crippen molar-refractivity contribution < 1.29 is 9.15 Å². The fraction of sp³-hybridized carbons (Fsp3) is 0. The predicted octanol–water partition coefficient (Wildman–Crippen LogP) is 16.3. The van der Waals surface area contributed by atoms with E-state index in [1.54, 1.807) is 0 Å². The molecule has 0 atom stereocenters. The van der Waals surface area contributed by atoms with E-state index in [-0.39, 0.29) is 0 Å². The number of para-hydroxylation sites is 4. The van der Waals surface area contributed by atoms with Crippen LogP contribution in [-0.2, 0) is 0 Å². The first-order chi connectivity index (χ1) is 29.7. The molecule has 2 heterocycles. The van der Waals surface area contributed by atoms with Gasteiger partial charge in [-0.05, 0) is 136 Å². The van der Waals surface area contributed by atoms with Gasteiger partial charge in [-0.3, -0.25) is 0 Å². The number of hydrogen-bond donors (Lipinski definition) is 0. The van der Waals surface area contributed by atoms with Gasteiger partial charge < -0.3 is 19.0 Å². The van der Waals surface area contributed by atoms with Crippen LogP contribution in [-0.4, -0.2) is 0 Å². The van der Waals surface area contributed by atoms with Gasteiger partial charge in [0.15, 0.2) is 0 Å². The molecule has 11 aromatic rings. The van der Waals surface area contributed by atoms with E-state index < -0.39 is 0 Å². The van der Waals surface area contributed by atoms with Gasteiger partial charge in [0, 0.05) is 61.9 Å². The average molecular weight is 769 g/mol. The fourth-order valence-electron chi connectivity index (χ4n) is 9.01. The van der Waals surface area contributed by atoms with E-state index in [9.17, 15) is 0 Å². The van der Waals surface area contributed by atoms with Crippen molar-refractivity contribution in [3.05, 3.63) is 218 Å². The number of hydrogen-bond acceptors (Lipinski definition) is 4. The number of benzene rings is 10. The minimum atomic E-state index is 0.833. The molecule has 0 aliphatic carbocycles. The van der Waals surface area contributed by atoms with Crippen molar-refractivity contribution in [2.45, 2.75) is 0 Å². The molecule has 0 amide bonds. The van der Waals surface area contributed by atoms with Crippen molar-refractivity contribution in [2.75, 3.05) is 9.80 Å². The highest BCUT2D eigenvalue weighted by molar-refractivity contribution is 6.18. The quantitative estimate of drug-likeness (QED) is 0.151. The topological polar surface area (TPSA) is 28.9 Å². The molecule has 0 radical (unpaired) electrons. The molecule has 0 spiro atoms. The molecule has 60 heavy (non-hydrogen) atoms. The Balaban J connectivity index is 0.929. The summed E-state index contributed by atoms with van der Waals surface area (Å²) in [6.45, 7) is 0. The molecule has 1 aliphatic heterocycles. The van der Waals surface area contributed by atoms with Crippen molar-refractivity contribution in [3.63, 3.8) is 0 Å². The Hall–Kier alpha value is -8.08. The van der Waals surface area contributed by atoms with Gasteiger partial charge in [-0.15, -0.1) is 0 Å². The van der Waals surface area contributed by atoms with E-state index in [2.05, 4.69) is 216 Å². The molecule has 0 saturated heterocycles. The Morgan fingerprint density at radius 3 is 1.60 bits per heavy atom. The van der Waals surface area contributed by atoms with E-state index >= 15 is 0 Å². The Bertz CT molecular complexity index is 3360. The summed E-state index contributed by atoms with van der Waals surface area (Å²) < 4.78 is 13.0. The molecule has 0 unspecified atom stereocenters. The smallest absolute Gasteiger partial charge is 0.137 e. The molecule has 0 fully saturated rings. The van der Waals surface area contributed by atoms with Gasteiger partial charge in [-0.1, -0.05) is 109 Å². The van der Waals surface area contributed by atoms with E-state index in [0.717, 1.165) is 78.5 Å². The van der Waals surface area contributed by atoms with Crippen LogP contribution in [0.3, 0.4) is 0 Å². The predicted molar refractivity (Wildman–Crippen MR) is 249 cm³/mol. The van der Waals surface area contributed by atoms with Crippen LogP contribution in [0.1, 0.15) is 0 Å². The molecular formula is C56H36N2O2. The van der Waals surface area contributed by atoms with Crippen LogP contribution in [0.15, 0.2) is 223 Å². The standard InChI is InChI=1S/C56H36N2O2/c1-4-13-40(14-5-1)57(41-15-6-2-7-16-41)43-27-25-37(26-28-43)38-23-24-39-34-51-47-31-29-45(36-55(47)60-54-22-12-20-48(56(51)54)49(39)33-38)58(42-17-8-3-9-18-42)44-30-32-53-50(35-44)46-19-10-11-21-52(46)59-53/h1-36H. The minimum absolute atomic E-state index is 0.833. The third-order valence-corrected chi connectivity index (χ3v) is 11.8. The highest BCUT2D eigenvalue weighted by Crippen LogP contribution is 2.51. The first kappa shape index (κ1) is 34.0. The summed E-state index contributed by atoms with van der Waals surface area (Å²) in [5, 5.41) is 6.90. The van der Waals surface area contributed by atoms with Gasteiger partial charge in [0.1, 0.15) is 22.7 Å². The van der Waals surface area contributed by atoms with Gasteiger partial charge in [-0.2, -0.15) is 0 Å². The SMILES string of the molecule is c1ccc(N(c2ccccc2)c2ccc(-c3ccc4cc5c6c(cccc6c4c3)Oc3cc(N(c4ccccc4)c4ccc6oc7ccccc7c6c4)ccc3-5)cc2)cc1. The lowest BCUT2D eigenvalue weighted by Crippen LogP contribution is -2.10. The summed E-state index contributed by atoms with van der Waals surface area (Å²) in [5.41, 5.74) is 12.8. The van der Waals surface area contributed by atoms with Crippen LogP contribution in [0.5, 0.6) is 11.5 Å². The number of fused-ring (bicyclic) bond motifs is 7. The van der Waals surface area contributed by atoms with Gasteiger partial charge in [0.05, 0.1) is 0 Å². The maximum atomic E-state index is 6.85. The average Bonchev–Trinajstić information content (AvgIpc) is 3.69. The Morgan fingerprint density at radius 2 is 0.867 bits per heavy atom. The molecule has 12 rings (SSSR count). The summed E-state index contributed by atoms with van der Waals surface area (Å²) in [6.07, 6.45) is 0. The zero-order chi connectivity index (χ0) is 39.6. The van der Waals surface area contributed by atoms with E-state index in [1.165, 1.54) is 32.8 Å². The molecular weight excluding hydrogens is 733 g/mol. The van der Waals surface area contributed by atoms with Crippen LogP contribution >= 0.6 is 0 Å². The van der Waals surface area contributed by atoms with Crippen LogP contribution < -0.4 is 14.5 Å². The van der Waals surface area contributed by atoms with Crippen molar-refractivity contribution in [3.8, 4) is 33.8 Å².